The number of carbonyl (C=O) groups excluding carboxylic acids is 1. The van der Waals surface area contributed by atoms with Crippen LogP contribution >= 0.6 is 35.6 Å². The molecule has 1 aromatic rings. The maximum absolute atomic E-state index is 11.6. The van der Waals surface area contributed by atoms with Crippen LogP contribution in [-0.4, -0.2) is 56.7 Å². The van der Waals surface area contributed by atoms with E-state index in [1.165, 1.54) is 7.11 Å². The minimum Gasteiger partial charge on any atom is -0.490 e. The van der Waals surface area contributed by atoms with Gasteiger partial charge in [0.1, 0.15) is 12.4 Å². The van der Waals surface area contributed by atoms with Crippen molar-refractivity contribution in [1.82, 2.24) is 10.2 Å². The molecule has 0 radical (unpaired) electrons. The SMILES string of the molecule is CCNC(=NCCOc1ccccc1Cl)N1CCC(C(=O)OC)CC1.I. The zero-order valence-corrected chi connectivity index (χ0v) is 18.3. The molecule has 0 atom stereocenters. The normalized spacial score (nSPS) is 15.2. The number of para-hydroxylation sites is 1. The molecule has 0 aromatic heterocycles. The van der Waals surface area contributed by atoms with Crippen molar-refractivity contribution < 1.29 is 14.3 Å². The van der Waals surface area contributed by atoms with Crippen molar-refractivity contribution >= 4 is 47.5 Å². The number of guanidine groups is 1. The summed E-state index contributed by atoms with van der Waals surface area (Å²) >= 11 is 6.07. The van der Waals surface area contributed by atoms with Gasteiger partial charge in [-0.1, -0.05) is 23.7 Å². The highest BCUT2D eigenvalue weighted by Crippen LogP contribution is 2.23. The number of rotatable bonds is 6. The average molecular weight is 496 g/mol. The van der Waals surface area contributed by atoms with Crippen LogP contribution in [0.25, 0.3) is 0 Å². The summed E-state index contributed by atoms with van der Waals surface area (Å²) in [6, 6.07) is 7.40. The van der Waals surface area contributed by atoms with Crippen molar-refractivity contribution in [3.63, 3.8) is 0 Å². The molecule has 1 saturated heterocycles. The van der Waals surface area contributed by atoms with Crippen LogP contribution in [0.15, 0.2) is 29.3 Å². The lowest BCUT2D eigenvalue weighted by Crippen LogP contribution is -2.46. The molecule has 1 aliphatic heterocycles. The first kappa shape index (κ1) is 22.8. The van der Waals surface area contributed by atoms with Gasteiger partial charge in [-0.15, -0.1) is 24.0 Å². The monoisotopic (exact) mass is 495 g/mol. The van der Waals surface area contributed by atoms with Crippen LogP contribution in [0.1, 0.15) is 19.8 Å². The molecule has 0 aliphatic carbocycles. The summed E-state index contributed by atoms with van der Waals surface area (Å²) in [5.74, 6) is 1.40. The Morgan fingerprint density at radius 1 is 1.35 bits per heavy atom. The molecule has 6 nitrogen and oxygen atoms in total. The van der Waals surface area contributed by atoms with Crippen molar-refractivity contribution in [3.05, 3.63) is 29.3 Å². The summed E-state index contributed by atoms with van der Waals surface area (Å²) in [6.07, 6.45) is 1.57. The van der Waals surface area contributed by atoms with Gasteiger partial charge in [-0.05, 0) is 31.9 Å². The van der Waals surface area contributed by atoms with Gasteiger partial charge in [0, 0.05) is 19.6 Å². The third-order valence-electron chi connectivity index (χ3n) is 4.11. The standard InChI is InChI=1S/C18H26ClN3O3.HI/c1-3-20-18(22-11-8-14(9-12-22)17(23)24-2)21-10-13-25-16-7-5-4-6-15(16)19;/h4-7,14H,3,8-13H2,1-2H3,(H,20,21);1H. The highest BCUT2D eigenvalue weighted by atomic mass is 127. The number of piperidine rings is 1. The molecule has 0 unspecified atom stereocenters. The summed E-state index contributed by atoms with van der Waals surface area (Å²) in [7, 11) is 1.44. The minimum absolute atomic E-state index is 0. The summed E-state index contributed by atoms with van der Waals surface area (Å²) in [4.78, 5) is 18.4. The van der Waals surface area contributed by atoms with E-state index in [1.807, 2.05) is 25.1 Å². The highest BCUT2D eigenvalue weighted by Gasteiger charge is 2.26. The predicted molar refractivity (Wildman–Crippen MR) is 115 cm³/mol. The van der Waals surface area contributed by atoms with Gasteiger partial charge in [-0.25, -0.2) is 4.99 Å². The Hall–Kier alpha value is -1.22. The van der Waals surface area contributed by atoms with Gasteiger partial charge in [-0.3, -0.25) is 4.79 Å². The first-order chi connectivity index (χ1) is 12.2. The molecule has 0 saturated carbocycles. The number of hydrogen-bond acceptors (Lipinski definition) is 4. The van der Waals surface area contributed by atoms with Gasteiger partial charge in [0.2, 0.25) is 0 Å². The molecular weight excluding hydrogens is 469 g/mol. The molecule has 2 rings (SSSR count). The van der Waals surface area contributed by atoms with E-state index < -0.39 is 0 Å². The van der Waals surface area contributed by atoms with Crippen molar-refractivity contribution in [2.75, 3.05) is 39.9 Å². The zero-order chi connectivity index (χ0) is 18.1. The van der Waals surface area contributed by atoms with Crippen molar-refractivity contribution in [2.45, 2.75) is 19.8 Å². The largest absolute Gasteiger partial charge is 0.490 e. The Balaban J connectivity index is 0.00000338. The smallest absolute Gasteiger partial charge is 0.308 e. The molecule has 1 heterocycles. The second-order valence-electron chi connectivity index (χ2n) is 5.80. The Kier molecular flexibility index (Phi) is 10.7. The zero-order valence-electron chi connectivity index (χ0n) is 15.2. The number of likely N-dealkylation sites (tertiary alicyclic amines) is 1. The van der Waals surface area contributed by atoms with Gasteiger partial charge in [0.15, 0.2) is 5.96 Å². The Morgan fingerprint density at radius 3 is 2.65 bits per heavy atom. The quantitative estimate of drug-likeness (QED) is 0.216. The van der Waals surface area contributed by atoms with Crippen LogP contribution in [0.5, 0.6) is 5.75 Å². The van der Waals surface area contributed by atoms with Crippen LogP contribution < -0.4 is 10.1 Å². The Morgan fingerprint density at radius 2 is 2.04 bits per heavy atom. The lowest BCUT2D eigenvalue weighted by Gasteiger charge is -2.33. The molecule has 1 aromatic carbocycles. The number of aliphatic imine (C=N–C) groups is 1. The van der Waals surface area contributed by atoms with Gasteiger partial charge in [0.25, 0.3) is 0 Å². The number of hydrogen-bond donors (Lipinski definition) is 1. The fraction of sp³-hybridized carbons (Fsp3) is 0.556. The Labute approximate surface area is 177 Å². The molecule has 8 heteroatoms. The molecule has 1 fully saturated rings. The van der Waals surface area contributed by atoms with E-state index in [0.29, 0.717) is 23.9 Å². The minimum atomic E-state index is -0.116. The number of ether oxygens (including phenoxy) is 2. The highest BCUT2D eigenvalue weighted by molar-refractivity contribution is 14.0. The van der Waals surface area contributed by atoms with Gasteiger partial charge < -0.3 is 19.7 Å². The molecule has 26 heavy (non-hydrogen) atoms. The number of nitrogens with one attached hydrogen (secondary N) is 1. The maximum Gasteiger partial charge on any atom is 0.308 e. The molecular formula is C18H27ClIN3O3. The van der Waals surface area contributed by atoms with E-state index in [1.54, 1.807) is 6.07 Å². The van der Waals surface area contributed by atoms with Crippen LogP contribution in [0.3, 0.4) is 0 Å². The summed E-state index contributed by atoms with van der Waals surface area (Å²) in [5, 5.41) is 3.90. The molecule has 0 spiro atoms. The molecule has 0 amide bonds. The van der Waals surface area contributed by atoms with Crippen LogP contribution in [-0.2, 0) is 9.53 Å². The number of benzene rings is 1. The average Bonchev–Trinajstić information content (AvgIpc) is 2.65. The lowest BCUT2D eigenvalue weighted by molar-refractivity contribution is -0.146. The number of halogens is 2. The molecule has 1 aliphatic rings. The predicted octanol–water partition coefficient (Wildman–Crippen LogP) is 3.19. The fourth-order valence-electron chi connectivity index (χ4n) is 2.79. The first-order valence-corrected chi connectivity index (χ1v) is 9.02. The summed E-state index contributed by atoms with van der Waals surface area (Å²) in [6.45, 7) is 5.40. The second-order valence-corrected chi connectivity index (χ2v) is 6.21. The number of esters is 1. The number of carbonyl (C=O) groups is 1. The van der Waals surface area contributed by atoms with E-state index >= 15 is 0 Å². The van der Waals surface area contributed by atoms with E-state index in [9.17, 15) is 4.79 Å². The van der Waals surface area contributed by atoms with Crippen molar-refractivity contribution in [2.24, 2.45) is 10.9 Å². The van der Waals surface area contributed by atoms with Gasteiger partial charge >= 0.3 is 5.97 Å². The second kappa shape index (κ2) is 12.2. The summed E-state index contributed by atoms with van der Waals surface area (Å²) < 4.78 is 10.5. The number of nitrogens with zero attached hydrogens (tertiary/aromatic N) is 2. The van der Waals surface area contributed by atoms with Crippen LogP contribution in [0, 0.1) is 5.92 Å². The van der Waals surface area contributed by atoms with Crippen LogP contribution in [0.2, 0.25) is 5.02 Å². The van der Waals surface area contributed by atoms with Crippen molar-refractivity contribution in [3.8, 4) is 5.75 Å². The van der Waals surface area contributed by atoms with E-state index in [2.05, 4.69) is 15.2 Å². The van der Waals surface area contributed by atoms with Gasteiger partial charge in [-0.2, -0.15) is 0 Å². The van der Waals surface area contributed by atoms with E-state index in [4.69, 9.17) is 21.1 Å². The maximum atomic E-state index is 11.6. The molecule has 146 valence electrons. The third-order valence-corrected chi connectivity index (χ3v) is 4.42. The molecule has 1 N–H and O–H groups in total. The van der Waals surface area contributed by atoms with Crippen molar-refractivity contribution in [1.29, 1.82) is 0 Å². The van der Waals surface area contributed by atoms with Gasteiger partial charge in [0.05, 0.1) is 24.6 Å². The topological polar surface area (TPSA) is 63.2 Å². The third kappa shape index (κ3) is 6.83. The molecule has 0 bridgehead atoms. The lowest BCUT2D eigenvalue weighted by atomic mass is 9.97. The van der Waals surface area contributed by atoms with E-state index in [-0.39, 0.29) is 35.9 Å². The number of methoxy groups -OCH3 is 1. The van der Waals surface area contributed by atoms with E-state index in [0.717, 1.165) is 38.4 Å². The fourth-order valence-corrected chi connectivity index (χ4v) is 2.98. The Bertz CT molecular complexity index is 593. The first-order valence-electron chi connectivity index (χ1n) is 8.64. The van der Waals surface area contributed by atoms with Crippen LogP contribution in [0.4, 0.5) is 0 Å². The summed E-state index contributed by atoms with van der Waals surface area (Å²) in [5.41, 5.74) is 0.